The highest BCUT2D eigenvalue weighted by Crippen LogP contribution is 2.40. The standard InChI is InChI=1S/C54H35N3O/c1-34-24-26-36(27-25-34)38-16-10-18-41(31-38)52-55-53(57-54(56-52)48-32-40-14-5-6-19-43(40)45-20-7-8-21-46(45)48)42-28-29-47-50(33-42)58-49-23-11-22-44(51(47)49)39-17-9-15-37(30-39)35-12-3-2-4-13-35/h2-33H,1H3. The van der Waals surface area contributed by atoms with Crippen molar-refractivity contribution in [1.29, 1.82) is 0 Å². The van der Waals surface area contributed by atoms with Gasteiger partial charge < -0.3 is 4.42 Å². The number of hydrogen-bond donors (Lipinski definition) is 0. The number of aryl methyl sites for hydroxylation is 1. The Morgan fingerprint density at radius 1 is 0.328 bits per heavy atom. The second kappa shape index (κ2) is 13.8. The van der Waals surface area contributed by atoms with Crippen LogP contribution in [0.2, 0.25) is 0 Å². The number of furan rings is 1. The SMILES string of the molecule is Cc1ccc(-c2cccc(-c3nc(-c4ccc5c(c4)oc4cccc(-c6cccc(-c7ccccc7)c6)c45)nc(-c4cc5ccccc5c5ccccc45)n3)c2)cc1. The summed E-state index contributed by atoms with van der Waals surface area (Å²) in [6.45, 7) is 2.11. The van der Waals surface area contributed by atoms with Crippen LogP contribution in [0.15, 0.2) is 199 Å². The molecule has 0 spiro atoms. The number of nitrogens with zero attached hydrogens (tertiary/aromatic N) is 3. The maximum absolute atomic E-state index is 6.63. The molecule has 0 bridgehead atoms. The minimum Gasteiger partial charge on any atom is -0.456 e. The Labute approximate surface area is 335 Å². The van der Waals surface area contributed by atoms with Crippen LogP contribution in [-0.2, 0) is 0 Å². The van der Waals surface area contributed by atoms with Gasteiger partial charge in [-0.1, -0.05) is 163 Å². The molecule has 0 amide bonds. The summed E-state index contributed by atoms with van der Waals surface area (Å²) in [6.07, 6.45) is 0. The summed E-state index contributed by atoms with van der Waals surface area (Å²) in [4.78, 5) is 15.7. The third-order valence-corrected chi connectivity index (χ3v) is 11.2. The van der Waals surface area contributed by atoms with Crippen molar-refractivity contribution in [1.82, 2.24) is 15.0 Å². The van der Waals surface area contributed by atoms with Crippen molar-refractivity contribution in [3.8, 4) is 67.5 Å². The number of benzene rings is 9. The molecule has 58 heavy (non-hydrogen) atoms. The molecule has 0 radical (unpaired) electrons. The van der Waals surface area contributed by atoms with Crippen LogP contribution >= 0.6 is 0 Å². The second-order valence-corrected chi connectivity index (χ2v) is 14.9. The van der Waals surface area contributed by atoms with Crippen molar-refractivity contribution >= 4 is 43.5 Å². The lowest BCUT2D eigenvalue weighted by molar-refractivity contribution is 0.669. The number of hydrogen-bond acceptors (Lipinski definition) is 4. The van der Waals surface area contributed by atoms with Crippen LogP contribution in [0.3, 0.4) is 0 Å². The molecular weight excluding hydrogens is 707 g/mol. The molecule has 2 heterocycles. The van der Waals surface area contributed by atoms with Gasteiger partial charge in [-0.05, 0) is 98.2 Å². The molecule has 11 aromatic rings. The van der Waals surface area contributed by atoms with Gasteiger partial charge in [0.1, 0.15) is 11.2 Å². The molecule has 0 saturated carbocycles. The minimum atomic E-state index is 0.580. The Kier molecular flexibility index (Phi) is 8.00. The summed E-state index contributed by atoms with van der Waals surface area (Å²) >= 11 is 0. The molecule has 2 aromatic heterocycles. The minimum absolute atomic E-state index is 0.580. The lowest BCUT2D eigenvalue weighted by Crippen LogP contribution is -2.01. The Bertz CT molecular complexity index is 3350. The molecule has 0 saturated heterocycles. The summed E-state index contributed by atoms with van der Waals surface area (Å²) in [5, 5.41) is 6.71. The van der Waals surface area contributed by atoms with Crippen LogP contribution in [-0.4, -0.2) is 15.0 Å². The van der Waals surface area contributed by atoms with Crippen LogP contribution in [0.1, 0.15) is 5.56 Å². The number of aromatic nitrogens is 3. The summed E-state index contributed by atoms with van der Waals surface area (Å²) in [5.74, 6) is 1.81. The van der Waals surface area contributed by atoms with Gasteiger partial charge in [-0.15, -0.1) is 0 Å². The summed E-state index contributed by atoms with van der Waals surface area (Å²) < 4.78 is 6.63. The van der Waals surface area contributed by atoms with Gasteiger partial charge in [0.25, 0.3) is 0 Å². The third-order valence-electron chi connectivity index (χ3n) is 11.2. The van der Waals surface area contributed by atoms with Gasteiger partial charge in [0, 0.05) is 27.5 Å². The quantitative estimate of drug-likeness (QED) is 0.159. The molecule has 0 fully saturated rings. The van der Waals surface area contributed by atoms with E-state index in [-0.39, 0.29) is 0 Å². The van der Waals surface area contributed by atoms with E-state index in [0.29, 0.717) is 17.5 Å². The van der Waals surface area contributed by atoms with Crippen molar-refractivity contribution in [3.63, 3.8) is 0 Å². The smallest absolute Gasteiger partial charge is 0.164 e. The zero-order valence-electron chi connectivity index (χ0n) is 31.7. The monoisotopic (exact) mass is 741 g/mol. The highest BCUT2D eigenvalue weighted by atomic mass is 16.3. The van der Waals surface area contributed by atoms with Crippen LogP contribution < -0.4 is 0 Å². The summed E-state index contributed by atoms with van der Waals surface area (Å²) in [5.41, 5.74) is 12.4. The second-order valence-electron chi connectivity index (χ2n) is 14.9. The lowest BCUT2D eigenvalue weighted by Gasteiger charge is -2.13. The molecule has 4 heteroatoms. The van der Waals surface area contributed by atoms with Gasteiger partial charge >= 0.3 is 0 Å². The average Bonchev–Trinajstić information content (AvgIpc) is 3.67. The van der Waals surface area contributed by atoms with Crippen molar-refractivity contribution < 1.29 is 4.42 Å². The van der Waals surface area contributed by atoms with Gasteiger partial charge in [0.2, 0.25) is 0 Å². The topological polar surface area (TPSA) is 51.8 Å². The number of rotatable bonds is 6. The first-order valence-corrected chi connectivity index (χ1v) is 19.6. The van der Waals surface area contributed by atoms with E-state index < -0.39 is 0 Å². The van der Waals surface area contributed by atoms with E-state index in [1.54, 1.807) is 0 Å². The fourth-order valence-corrected chi connectivity index (χ4v) is 8.28. The van der Waals surface area contributed by atoms with Crippen LogP contribution in [0.4, 0.5) is 0 Å². The first kappa shape index (κ1) is 33.6. The van der Waals surface area contributed by atoms with Crippen molar-refractivity contribution in [2.45, 2.75) is 6.92 Å². The molecule has 0 aliphatic heterocycles. The van der Waals surface area contributed by atoms with Gasteiger partial charge in [-0.3, -0.25) is 0 Å². The van der Waals surface area contributed by atoms with Crippen molar-refractivity contribution in [3.05, 3.63) is 200 Å². The Balaban J connectivity index is 1.09. The molecule has 0 aliphatic carbocycles. The predicted octanol–water partition coefficient (Wildman–Crippen LogP) is 14.4. The zero-order valence-corrected chi connectivity index (χ0v) is 31.7. The highest BCUT2D eigenvalue weighted by molar-refractivity contribution is 6.14. The highest BCUT2D eigenvalue weighted by Gasteiger charge is 2.19. The van der Waals surface area contributed by atoms with E-state index in [1.165, 1.54) is 22.1 Å². The van der Waals surface area contributed by atoms with E-state index in [4.69, 9.17) is 19.4 Å². The molecule has 9 aromatic carbocycles. The first-order valence-electron chi connectivity index (χ1n) is 19.6. The normalized spacial score (nSPS) is 11.5. The Morgan fingerprint density at radius 2 is 0.897 bits per heavy atom. The van der Waals surface area contributed by atoms with Crippen LogP contribution in [0.25, 0.3) is 111 Å². The van der Waals surface area contributed by atoms with Gasteiger partial charge in [-0.2, -0.15) is 0 Å². The van der Waals surface area contributed by atoms with E-state index in [1.807, 2.05) is 12.1 Å². The van der Waals surface area contributed by atoms with Crippen molar-refractivity contribution in [2.75, 3.05) is 0 Å². The molecule has 0 N–H and O–H groups in total. The van der Waals surface area contributed by atoms with Gasteiger partial charge in [0.05, 0.1) is 0 Å². The van der Waals surface area contributed by atoms with Crippen LogP contribution in [0, 0.1) is 6.92 Å². The molecule has 4 nitrogen and oxygen atoms in total. The van der Waals surface area contributed by atoms with E-state index in [0.717, 1.165) is 77.0 Å². The predicted molar refractivity (Wildman–Crippen MR) is 239 cm³/mol. The third kappa shape index (κ3) is 5.91. The maximum Gasteiger partial charge on any atom is 0.164 e. The Morgan fingerprint density at radius 3 is 1.69 bits per heavy atom. The zero-order chi connectivity index (χ0) is 38.6. The molecule has 0 aliphatic rings. The summed E-state index contributed by atoms with van der Waals surface area (Å²) in [7, 11) is 0. The largest absolute Gasteiger partial charge is 0.456 e. The Hall–Kier alpha value is -7.69. The molecule has 272 valence electrons. The molecule has 0 atom stereocenters. The molecule has 11 rings (SSSR count). The van der Waals surface area contributed by atoms with E-state index >= 15 is 0 Å². The lowest BCUT2D eigenvalue weighted by atomic mass is 9.95. The summed E-state index contributed by atoms with van der Waals surface area (Å²) in [6, 6.07) is 68.1. The first-order chi connectivity index (χ1) is 28.6. The van der Waals surface area contributed by atoms with Gasteiger partial charge in [-0.25, -0.2) is 15.0 Å². The van der Waals surface area contributed by atoms with Crippen molar-refractivity contribution in [2.24, 2.45) is 0 Å². The number of fused-ring (bicyclic) bond motifs is 6. The van der Waals surface area contributed by atoms with Crippen LogP contribution in [0.5, 0.6) is 0 Å². The van der Waals surface area contributed by atoms with E-state index in [9.17, 15) is 0 Å². The molecule has 0 unspecified atom stereocenters. The maximum atomic E-state index is 6.63. The fraction of sp³-hybridized carbons (Fsp3) is 0.0185. The van der Waals surface area contributed by atoms with Gasteiger partial charge in [0.15, 0.2) is 17.5 Å². The molecular formula is C54H35N3O. The average molecular weight is 742 g/mol. The fourth-order valence-electron chi connectivity index (χ4n) is 8.28. The van der Waals surface area contributed by atoms with E-state index in [2.05, 4.69) is 189 Å².